The van der Waals surface area contributed by atoms with Crippen molar-refractivity contribution in [3.8, 4) is 0 Å². The molecular formula is C13H19NOS. The molecule has 1 aromatic carbocycles. The molecule has 0 unspecified atom stereocenters. The number of carbonyl (C=O) groups is 1. The van der Waals surface area contributed by atoms with Gasteiger partial charge in [-0.2, -0.15) is 11.8 Å². The Morgan fingerprint density at radius 2 is 1.81 bits per heavy atom. The summed E-state index contributed by atoms with van der Waals surface area (Å²) in [7, 11) is 0. The van der Waals surface area contributed by atoms with Crippen LogP contribution in [0.3, 0.4) is 0 Å². The number of rotatable bonds is 5. The van der Waals surface area contributed by atoms with Gasteiger partial charge in [0.05, 0.1) is 5.75 Å². The predicted octanol–water partition coefficient (Wildman–Crippen LogP) is 3.11. The summed E-state index contributed by atoms with van der Waals surface area (Å²) < 4.78 is 0. The van der Waals surface area contributed by atoms with Gasteiger partial charge >= 0.3 is 0 Å². The summed E-state index contributed by atoms with van der Waals surface area (Å²) in [5.74, 6) is 0.601. The van der Waals surface area contributed by atoms with Gasteiger partial charge in [-0.3, -0.25) is 4.79 Å². The van der Waals surface area contributed by atoms with E-state index in [1.807, 2.05) is 6.26 Å². The number of thioether (sulfide) groups is 1. The van der Waals surface area contributed by atoms with Gasteiger partial charge in [-0.15, -0.1) is 0 Å². The van der Waals surface area contributed by atoms with Crippen LogP contribution in [0.1, 0.15) is 25.0 Å². The van der Waals surface area contributed by atoms with Crippen LogP contribution >= 0.6 is 11.8 Å². The Labute approximate surface area is 102 Å². The number of amides is 1. The Bertz CT molecular complexity index is 341. The third-order valence-electron chi connectivity index (χ3n) is 2.54. The molecule has 0 radical (unpaired) electrons. The van der Waals surface area contributed by atoms with Gasteiger partial charge in [-0.1, -0.05) is 32.0 Å². The van der Waals surface area contributed by atoms with Crippen LogP contribution in [0, 0.1) is 0 Å². The normalized spacial score (nSPS) is 10.2. The van der Waals surface area contributed by atoms with Crippen LogP contribution in [0.15, 0.2) is 18.2 Å². The lowest BCUT2D eigenvalue weighted by Crippen LogP contribution is -2.16. The maximum Gasteiger partial charge on any atom is 0.234 e. The summed E-state index contributed by atoms with van der Waals surface area (Å²) in [6.07, 6.45) is 3.83. The highest BCUT2D eigenvalue weighted by Gasteiger charge is 2.08. The van der Waals surface area contributed by atoms with E-state index in [1.54, 1.807) is 11.8 Å². The van der Waals surface area contributed by atoms with Crippen LogP contribution in [0.4, 0.5) is 5.69 Å². The van der Waals surface area contributed by atoms with Crippen molar-refractivity contribution in [3.05, 3.63) is 29.3 Å². The number of benzene rings is 1. The van der Waals surface area contributed by atoms with Crippen molar-refractivity contribution in [3.63, 3.8) is 0 Å². The van der Waals surface area contributed by atoms with Crippen LogP contribution in [0.2, 0.25) is 0 Å². The first kappa shape index (κ1) is 13.1. The summed E-state index contributed by atoms with van der Waals surface area (Å²) >= 11 is 1.54. The molecule has 0 atom stereocenters. The number of carbonyl (C=O) groups excluding carboxylic acids is 1. The minimum Gasteiger partial charge on any atom is -0.325 e. The van der Waals surface area contributed by atoms with Gasteiger partial charge in [0, 0.05) is 5.69 Å². The van der Waals surface area contributed by atoms with Crippen molar-refractivity contribution in [2.75, 3.05) is 17.3 Å². The highest BCUT2D eigenvalue weighted by Crippen LogP contribution is 2.22. The summed E-state index contributed by atoms with van der Waals surface area (Å²) in [5, 5.41) is 3.02. The highest BCUT2D eigenvalue weighted by molar-refractivity contribution is 7.99. The molecule has 0 bridgehead atoms. The fourth-order valence-corrected chi connectivity index (χ4v) is 2.04. The molecule has 0 heterocycles. The van der Waals surface area contributed by atoms with Crippen LogP contribution in [-0.4, -0.2) is 17.9 Å². The van der Waals surface area contributed by atoms with Gasteiger partial charge in [0.2, 0.25) is 5.91 Å². The Morgan fingerprint density at radius 1 is 1.25 bits per heavy atom. The van der Waals surface area contributed by atoms with Crippen molar-refractivity contribution in [1.82, 2.24) is 0 Å². The van der Waals surface area contributed by atoms with E-state index in [0.717, 1.165) is 18.5 Å². The second kappa shape index (κ2) is 6.59. The zero-order valence-electron chi connectivity index (χ0n) is 10.2. The Morgan fingerprint density at radius 3 is 2.25 bits per heavy atom. The number of hydrogen-bond acceptors (Lipinski definition) is 2. The van der Waals surface area contributed by atoms with Crippen molar-refractivity contribution >= 4 is 23.4 Å². The minimum atomic E-state index is 0.0862. The van der Waals surface area contributed by atoms with Crippen LogP contribution in [0.25, 0.3) is 0 Å². The minimum absolute atomic E-state index is 0.0862. The van der Waals surface area contributed by atoms with Gasteiger partial charge in [0.1, 0.15) is 0 Å². The molecule has 0 aliphatic heterocycles. The summed E-state index contributed by atoms with van der Waals surface area (Å²) in [4.78, 5) is 11.6. The number of para-hydroxylation sites is 1. The number of nitrogens with one attached hydrogen (secondary N) is 1. The topological polar surface area (TPSA) is 29.1 Å². The molecule has 1 N–H and O–H groups in total. The molecule has 88 valence electrons. The molecule has 1 aromatic rings. The fourth-order valence-electron chi connectivity index (χ4n) is 1.71. The third-order valence-corrected chi connectivity index (χ3v) is 3.09. The Kier molecular flexibility index (Phi) is 5.39. The molecular weight excluding hydrogens is 218 g/mol. The SMILES string of the molecule is CCc1cccc(CC)c1NC(=O)CSC. The first-order valence-corrected chi connectivity index (χ1v) is 7.01. The fraction of sp³-hybridized carbons (Fsp3) is 0.462. The Balaban J connectivity index is 2.95. The molecule has 16 heavy (non-hydrogen) atoms. The molecule has 0 saturated heterocycles. The molecule has 2 nitrogen and oxygen atoms in total. The van der Waals surface area contributed by atoms with Gasteiger partial charge in [0.25, 0.3) is 0 Å². The molecule has 0 aliphatic carbocycles. The van der Waals surface area contributed by atoms with E-state index in [0.29, 0.717) is 5.75 Å². The maximum atomic E-state index is 11.6. The van der Waals surface area contributed by atoms with Gasteiger partial charge in [-0.05, 0) is 30.2 Å². The van der Waals surface area contributed by atoms with Crippen molar-refractivity contribution < 1.29 is 4.79 Å². The number of aryl methyl sites for hydroxylation is 2. The monoisotopic (exact) mass is 237 g/mol. The largest absolute Gasteiger partial charge is 0.325 e. The van der Waals surface area contributed by atoms with Crippen molar-refractivity contribution in [2.24, 2.45) is 0 Å². The van der Waals surface area contributed by atoms with Gasteiger partial charge in [0.15, 0.2) is 0 Å². The van der Waals surface area contributed by atoms with E-state index in [4.69, 9.17) is 0 Å². The number of anilines is 1. The van der Waals surface area contributed by atoms with Crippen LogP contribution in [0.5, 0.6) is 0 Å². The first-order valence-electron chi connectivity index (χ1n) is 5.62. The smallest absolute Gasteiger partial charge is 0.234 e. The third kappa shape index (κ3) is 3.27. The summed E-state index contributed by atoms with van der Waals surface area (Å²) in [6.45, 7) is 4.22. The van der Waals surface area contributed by atoms with E-state index < -0.39 is 0 Å². The Hall–Kier alpha value is -0.960. The van der Waals surface area contributed by atoms with Gasteiger partial charge < -0.3 is 5.32 Å². The van der Waals surface area contributed by atoms with E-state index in [-0.39, 0.29) is 5.91 Å². The zero-order chi connectivity index (χ0) is 12.0. The second-order valence-electron chi connectivity index (χ2n) is 3.64. The lowest BCUT2D eigenvalue weighted by atomic mass is 10.0. The molecule has 3 heteroatoms. The first-order chi connectivity index (χ1) is 7.72. The standard InChI is InChI=1S/C13H19NOS/c1-4-10-7-6-8-11(5-2)13(10)14-12(15)9-16-3/h6-8H,4-5,9H2,1-3H3,(H,14,15). The molecule has 0 saturated carbocycles. The molecule has 0 spiro atoms. The molecule has 0 aliphatic rings. The maximum absolute atomic E-state index is 11.6. The summed E-state index contributed by atoms with van der Waals surface area (Å²) in [6, 6.07) is 6.21. The predicted molar refractivity (Wildman–Crippen MR) is 72.2 cm³/mol. The van der Waals surface area contributed by atoms with Crippen molar-refractivity contribution in [2.45, 2.75) is 26.7 Å². The van der Waals surface area contributed by atoms with E-state index in [1.165, 1.54) is 11.1 Å². The van der Waals surface area contributed by atoms with Crippen molar-refractivity contribution in [1.29, 1.82) is 0 Å². The quantitative estimate of drug-likeness (QED) is 0.852. The molecule has 0 fully saturated rings. The molecule has 0 aromatic heterocycles. The van der Waals surface area contributed by atoms with Gasteiger partial charge in [-0.25, -0.2) is 0 Å². The molecule has 1 rings (SSSR count). The van der Waals surface area contributed by atoms with E-state index in [9.17, 15) is 4.79 Å². The molecule has 1 amide bonds. The lowest BCUT2D eigenvalue weighted by Gasteiger charge is -2.13. The second-order valence-corrected chi connectivity index (χ2v) is 4.51. The average Bonchev–Trinajstić information content (AvgIpc) is 2.29. The van der Waals surface area contributed by atoms with Crippen LogP contribution < -0.4 is 5.32 Å². The lowest BCUT2D eigenvalue weighted by molar-refractivity contribution is -0.113. The summed E-state index contributed by atoms with van der Waals surface area (Å²) in [5.41, 5.74) is 3.45. The van der Waals surface area contributed by atoms with Crippen LogP contribution in [-0.2, 0) is 17.6 Å². The van der Waals surface area contributed by atoms with E-state index in [2.05, 4.69) is 37.4 Å². The van der Waals surface area contributed by atoms with E-state index >= 15 is 0 Å². The zero-order valence-corrected chi connectivity index (χ0v) is 11.0. The number of hydrogen-bond donors (Lipinski definition) is 1. The highest BCUT2D eigenvalue weighted by atomic mass is 32.2. The average molecular weight is 237 g/mol.